The SMILES string of the molecule is CC(C)(CC(N)=O)NS(=O)(=O)c1ccc(CN)c(Cl)c1. The van der Waals surface area contributed by atoms with E-state index in [2.05, 4.69) is 4.72 Å². The lowest BCUT2D eigenvalue weighted by atomic mass is 10.0. The largest absolute Gasteiger partial charge is 0.370 e. The molecule has 0 bridgehead atoms. The molecule has 0 atom stereocenters. The van der Waals surface area contributed by atoms with E-state index in [9.17, 15) is 13.2 Å². The van der Waals surface area contributed by atoms with Gasteiger partial charge in [0.25, 0.3) is 0 Å². The van der Waals surface area contributed by atoms with Gasteiger partial charge >= 0.3 is 0 Å². The fourth-order valence-corrected chi connectivity index (χ4v) is 3.52. The molecular formula is C12H18ClN3O3S. The molecule has 1 amide bonds. The number of carbonyl (C=O) groups is 1. The minimum atomic E-state index is -3.79. The third-order valence-electron chi connectivity index (χ3n) is 2.58. The molecule has 0 aliphatic heterocycles. The lowest BCUT2D eigenvalue weighted by Gasteiger charge is -2.24. The third kappa shape index (κ3) is 4.45. The summed E-state index contributed by atoms with van der Waals surface area (Å²) in [7, 11) is -3.79. The van der Waals surface area contributed by atoms with Gasteiger partial charge in [-0.2, -0.15) is 0 Å². The third-order valence-corrected chi connectivity index (χ3v) is 4.63. The minimum absolute atomic E-state index is 0.0113. The van der Waals surface area contributed by atoms with E-state index in [4.69, 9.17) is 23.1 Å². The van der Waals surface area contributed by atoms with Crippen molar-refractivity contribution in [3.05, 3.63) is 28.8 Å². The number of hydrogen-bond acceptors (Lipinski definition) is 4. The number of primary amides is 1. The van der Waals surface area contributed by atoms with Crippen LogP contribution in [0.5, 0.6) is 0 Å². The van der Waals surface area contributed by atoms with E-state index >= 15 is 0 Å². The van der Waals surface area contributed by atoms with Crippen LogP contribution in [0.1, 0.15) is 25.8 Å². The molecule has 0 heterocycles. The number of amides is 1. The molecular weight excluding hydrogens is 302 g/mol. The maximum Gasteiger partial charge on any atom is 0.241 e. The summed E-state index contributed by atoms with van der Waals surface area (Å²) in [6.07, 6.45) is -0.110. The highest BCUT2D eigenvalue weighted by Gasteiger charge is 2.28. The normalized spacial score (nSPS) is 12.4. The van der Waals surface area contributed by atoms with Gasteiger partial charge in [0.05, 0.1) is 4.90 Å². The molecule has 0 aliphatic rings. The number of nitrogens with one attached hydrogen (secondary N) is 1. The van der Waals surface area contributed by atoms with Crippen LogP contribution in [-0.2, 0) is 21.4 Å². The van der Waals surface area contributed by atoms with Crippen LogP contribution >= 0.6 is 11.6 Å². The van der Waals surface area contributed by atoms with Crippen molar-refractivity contribution < 1.29 is 13.2 Å². The Morgan fingerprint density at radius 1 is 1.40 bits per heavy atom. The maximum absolute atomic E-state index is 12.2. The molecule has 1 aromatic carbocycles. The monoisotopic (exact) mass is 319 g/mol. The highest BCUT2D eigenvalue weighted by Crippen LogP contribution is 2.22. The highest BCUT2D eigenvalue weighted by molar-refractivity contribution is 7.89. The van der Waals surface area contributed by atoms with Crippen LogP contribution in [0, 0.1) is 0 Å². The van der Waals surface area contributed by atoms with Crippen molar-refractivity contribution >= 4 is 27.5 Å². The molecule has 0 saturated heterocycles. The first kappa shape index (κ1) is 16.9. The van der Waals surface area contributed by atoms with Gasteiger partial charge < -0.3 is 11.5 Å². The number of benzene rings is 1. The number of carbonyl (C=O) groups excluding carboxylic acids is 1. The zero-order valence-electron chi connectivity index (χ0n) is 11.3. The average molecular weight is 320 g/mol. The quantitative estimate of drug-likeness (QED) is 0.716. The summed E-state index contributed by atoms with van der Waals surface area (Å²) in [5, 5.41) is 0.281. The second kappa shape index (κ2) is 6.09. The van der Waals surface area contributed by atoms with E-state index in [1.165, 1.54) is 12.1 Å². The van der Waals surface area contributed by atoms with Crippen molar-refractivity contribution in [1.82, 2.24) is 4.72 Å². The first-order valence-corrected chi connectivity index (χ1v) is 7.74. The maximum atomic E-state index is 12.2. The Bertz CT molecular complexity index is 614. The summed E-state index contributed by atoms with van der Waals surface area (Å²) in [4.78, 5) is 10.9. The van der Waals surface area contributed by atoms with Gasteiger partial charge in [0.2, 0.25) is 15.9 Å². The van der Waals surface area contributed by atoms with Crippen LogP contribution in [0.3, 0.4) is 0 Å². The van der Waals surface area contributed by atoms with Crippen molar-refractivity contribution in [3.63, 3.8) is 0 Å². The van der Waals surface area contributed by atoms with Crippen LogP contribution in [0.4, 0.5) is 0 Å². The first-order valence-electron chi connectivity index (χ1n) is 5.88. The summed E-state index contributed by atoms with van der Waals surface area (Å²) in [6.45, 7) is 3.37. The highest BCUT2D eigenvalue weighted by atomic mass is 35.5. The molecule has 0 aromatic heterocycles. The molecule has 0 aliphatic carbocycles. The second-order valence-electron chi connectivity index (χ2n) is 5.09. The summed E-state index contributed by atoms with van der Waals surface area (Å²) in [5.74, 6) is -0.589. The van der Waals surface area contributed by atoms with Crippen molar-refractivity contribution in [2.45, 2.75) is 37.2 Å². The Kier molecular flexibility index (Phi) is 5.15. The molecule has 8 heteroatoms. The summed E-state index contributed by atoms with van der Waals surface area (Å²) < 4.78 is 26.9. The number of halogens is 1. The predicted octanol–water partition coefficient (Wildman–Crippen LogP) is 0.731. The molecule has 0 saturated carbocycles. The molecule has 6 nitrogen and oxygen atoms in total. The predicted molar refractivity (Wildman–Crippen MR) is 77.6 cm³/mol. The smallest absolute Gasteiger partial charge is 0.241 e. The molecule has 1 rings (SSSR count). The van der Waals surface area contributed by atoms with Gasteiger partial charge in [-0.1, -0.05) is 17.7 Å². The van der Waals surface area contributed by atoms with Crippen molar-refractivity contribution in [3.8, 4) is 0 Å². The molecule has 0 unspecified atom stereocenters. The van der Waals surface area contributed by atoms with Gasteiger partial charge in [-0.15, -0.1) is 0 Å². The van der Waals surface area contributed by atoms with Crippen molar-refractivity contribution in [2.24, 2.45) is 11.5 Å². The Hall–Kier alpha value is -1.15. The van der Waals surface area contributed by atoms with E-state index < -0.39 is 21.5 Å². The second-order valence-corrected chi connectivity index (χ2v) is 7.18. The Morgan fingerprint density at radius 2 is 2.00 bits per heavy atom. The summed E-state index contributed by atoms with van der Waals surface area (Å²) in [5.41, 5.74) is 10.2. The van der Waals surface area contributed by atoms with Gasteiger partial charge in [-0.25, -0.2) is 13.1 Å². The van der Waals surface area contributed by atoms with Crippen LogP contribution in [-0.4, -0.2) is 19.9 Å². The van der Waals surface area contributed by atoms with Gasteiger partial charge in [0, 0.05) is 23.5 Å². The summed E-state index contributed by atoms with van der Waals surface area (Å²) in [6, 6.07) is 4.29. The summed E-state index contributed by atoms with van der Waals surface area (Å²) >= 11 is 5.94. The van der Waals surface area contributed by atoms with Gasteiger partial charge in [-0.3, -0.25) is 4.79 Å². The Balaban J connectivity index is 3.05. The fourth-order valence-electron chi connectivity index (χ4n) is 1.76. The molecule has 5 N–H and O–H groups in total. The van der Waals surface area contributed by atoms with E-state index in [0.717, 1.165) is 0 Å². The number of rotatable bonds is 6. The number of sulfonamides is 1. The van der Waals surface area contributed by atoms with Gasteiger partial charge in [-0.05, 0) is 31.5 Å². The van der Waals surface area contributed by atoms with Crippen LogP contribution in [0.25, 0.3) is 0 Å². The van der Waals surface area contributed by atoms with Gasteiger partial charge in [0.15, 0.2) is 0 Å². The minimum Gasteiger partial charge on any atom is -0.370 e. The van der Waals surface area contributed by atoms with Crippen LogP contribution < -0.4 is 16.2 Å². The van der Waals surface area contributed by atoms with E-state index in [0.29, 0.717) is 5.56 Å². The number of hydrogen-bond donors (Lipinski definition) is 3. The molecule has 112 valence electrons. The lowest BCUT2D eigenvalue weighted by Crippen LogP contribution is -2.45. The topological polar surface area (TPSA) is 115 Å². The van der Waals surface area contributed by atoms with Crippen molar-refractivity contribution in [1.29, 1.82) is 0 Å². The number of nitrogens with two attached hydrogens (primary N) is 2. The molecule has 0 fully saturated rings. The Morgan fingerprint density at radius 3 is 2.45 bits per heavy atom. The van der Waals surface area contributed by atoms with Crippen LogP contribution in [0.15, 0.2) is 23.1 Å². The van der Waals surface area contributed by atoms with Crippen molar-refractivity contribution in [2.75, 3.05) is 0 Å². The Labute approximate surface area is 123 Å². The zero-order chi connectivity index (χ0) is 15.6. The van der Waals surface area contributed by atoms with Gasteiger partial charge in [0.1, 0.15) is 0 Å². The van der Waals surface area contributed by atoms with E-state index in [-0.39, 0.29) is 22.9 Å². The lowest BCUT2D eigenvalue weighted by molar-refractivity contribution is -0.119. The van der Waals surface area contributed by atoms with Crippen LogP contribution in [0.2, 0.25) is 5.02 Å². The first-order chi connectivity index (χ1) is 9.07. The average Bonchev–Trinajstić information content (AvgIpc) is 2.25. The molecule has 20 heavy (non-hydrogen) atoms. The fraction of sp³-hybridized carbons (Fsp3) is 0.417. The van der Waals surface area contributed by atoms with E-state index in [1.807, 2.05) is 0 Å². The molecule has 1 aromatic rings. The molecule has 0 radical (unpaired) electrons. The van der Waals surface area contributed by atoms with E-state index in [1.54, 1.807) is 19.9 Å². The molecule has 0 spiro atoms. The zero-order valence-corrected chi connectivity index (χ0v) is 12.9. The standard InChI is InChI=1S/C12H18ClN3O3S/c1-12(2,6-11(15)17)16-20(18,19)9-4-3-8(7-14)10(13)5-9/h3-5,16H,6-7,14H2,1-2H3,(H2,15,17).